The number of rotatable bonds is 4. The van der Waals surface area contributed by atoms with E-state index >= 15 is 0 Å². The third-order valence-corrected chi connectivity index (χ3v) is 7.19. The van der Waals surface area contributed by atoms with Crippen LogP contribution in [0.1, 0.15) is 43.9 Å². The van der Waals surface area contributed by atoms with Gasteiger partial charge in [-0.3, -0.25) is 14.4 Å². The number of hydrogen-bond acceptors (Lipinski definition) is 3. The van der Waals surface area contributed by atoms with E-state index in [-0.39, 0.29) is 23.8 Å². The van der Waals surface area contributed by atoms with Gasteiger partial charge in [-0.25, -0.2) is 0 Å². The smallest absolute Gasteiger partial charge is 0.228 e. The zero-order valence-corrected chi connectivity index (χ0v) is 19.6. The van der Waals surface area contributed by atoms with Crippen LogP contribution in [-0.2, 0) is 20.8 Å². The third-order valence-electron chi connectivity index (χ3n) is 7.19. The molecule has 2 heterocycles. The van der Waals surface area contributed by atoms with Crippen molar-refractivity contribution in [3.8, 4) is 0 Å². The number of hydrogen-bond donors (Lipinski definition) is 0. The van der Waals surface area contributed by atoms with Crippen LogP contribution in [0.4, 0.5) is 0 Å². The van der Waals surface area contributed by atoms with E-state index in [9.17, 15) is 14.4 Å². The second-order valence-corrected chi connectivity index (χ2v) is 9.49. The van der Waals surface area contributed by atoms with E-state index in [4.69, 9.17) is 0 Å². The zero-order valence-electron chi connectivity index (χ0n) is 19.6. The Morgan fingerprint density at radius 3 is 2.06 bits per heavy atom. The summed E-state index contributed by atoms with van der Waals surface area (Å²) in [7, 11) is 0. The molecule has 0 bridgehead atoms. The molecule has 6 heteroatoms. The van der Waals surface area contributed by atoms with Gasteiger partial charge in [-0.1, -0.05) is 67.6 Å². The number of benzene rings is 2. The lowest BCUT2D eigenvalue weighted by atomic mass is 9.78. The van der Waals surface area contributed by atoms with Crippen LogP contribution in [-0.4, -0.2) is 65.1 Å². The molecule has 0 aromatic heterocycles. The van der Waals surface area contributed by atoms with E-state index in [0.29, 0.717) is 52.0 Å². The molecule has 174 valence electrons. The first-order valence-electron chi connectivity index (χ1n) is 11.8. The number of piperidine rings is 1. The van der Waals surface area contributed by atoms with Crippen molar-refractivity contribution >= 4 is 17.7 Å². The molecule has 0 aliphatic carbocycles. The van der Waals surface area contributed by atoms with Crippen LogP contribution in [0, 0.1) is 5.41 Å². The SMILES string of the molecule is CC(=O)N1CCN(C(=O)C2(C)CCN(C(=O)Cc3ccccc3)CC2)CC1c1ccccc1. The predicted molar refractivity (Wildman–Crippen MR) is 127 cm³/mol. The predicted octanol–water partition coefficient (Wildman–Crippen LogP) is 3.29. The fourth-order valence-electron chi connectivity index (χ4n) is 5.03. The lowest BCUT2D eigenvalue weighted by molar-refractivity contribution is -0.152. The van der Waals surface area contributed by atoms with Gasteiger partial charge in [-0.15, -0.1) is 0 Å². The number of amides is 3. The van der Waals surface area contributed by atoms with Crippen LogP contribution < -0.4 is 0 Å². The molecule has 6 nitrogen and oxygen atoms in total. The summed E-state index contributed by atoms with van der Waals surface area (Å²) in [6.45, 7) is 6.42. The highest BCUT2D eigenvalue weighted by Crippen LogP contribution is 2.35. The van der Waals surface area contributed by atoms with E-state index < -0.39 is 5.41 Å². The molecule has 0 N–H and O–H groups in total. The fourth-order valence-corrected chi connectivity index (χ4v) is 5.03. The maximum Gasteiger partial charge on any atom is 0.228 e. The molecule has 3 amide bonds. The Morgan fingerprint density at radius 1 is 0.848 bits per heavy atom. The second kappa shape index (κ2) is 9.77. The highest BCUT2D eigenvalue weighted by atomic mass is 16.2. The molecule has 0 spiro atoms. The Labute approximate surface area is 196 Å². The number of carbonyl (C=O) groups is 3. The minimum Gasteiger partial charge on any atom is -0.342 e. The number of carbonyl (C=O) groups excluding carboxylic acids is 3. The number of nitrogens with zero attached hydrogens (tertiary/aromatic N) is 3. The molecule has 2 aliphatic rings. The van der Waals surface area contributed by atoms with Gasteiger partial charge in [0.1, 0.15) is 0 Å². The summed E-state index contributed by atoms with van der Waals surface area (Å²) < 4.78 is 0. The van der Waals surface area contributed by atoms with Gasteiger partial charge in [0.2, 0.25) is 17.7 Å². The Hall–Kier alpha value is -3.15. The summed E-state index contributed by atoms with van der Waals surface area (Å²) >= 11 is 0. The first kappa shape index (κ1) is 23.0. The zero-order chi connectivity index (χ0) is 23.4. The quantitative estimate of drug-likeness (QED) is 0.723. The monoisotopic (exact) mass is 447 g/mol. The third kappa shape index (κ3) is 5.10. The molecule has 2 aromatic carbocycles. The molecule has 0 saturated carbocycles. The van der Waals surface area contributed by atoms with Crippen molar-refractivity contribution in [1.29, 1.82) is 0 Å². The highest BCUT2D eigenvalue weighted by molar-refractivity contribution is 5.84. The van der Waals surface area contributed by atoms with Gasteiger partial charge in [-0.05, 0) is 24.0 Å². The standard InChI is InChI=1S/C27H33N3O3/c1-21(31)30-18-17-29(20-24(30)23-11-7-4-8-12-23)26(33)27(2)13-15-28(16-14-27)25(32)19-22-9-5-3-6-10-22/h3-12,24H,13-20H2,1-2H3. The van der Waals surface area contributed by atoms with Crippen molar-refractivity contribution < 1.29 is 14.4 Å². The molecule has 2 fully saturated rings. The van der Waals surface area contributed by atoms with Crippen LogP contribution in [0.15, 0.2) is 60.7 Å². The number of piperazine rings is 1. The first-order valence-corrected chi connectivity index (χ1v) is 11.8. The Morgan fingerprint density at radius 2 is 1.45 bits per heavy atom. The lowest BCUT2D eigenvalue weighted by Crippen LogP contribution is -2.56. The molecule has 2 aliphatic heterocycles. The van der Waals surface area contributed by atoms with E-state index in [1.165, 1.54) is 0 Å². The van der Waals surface area contributed by atoms with Crippen molar-refractivity contribution in [2.24, 2.45) is 5.41 Å². The summed E-state index contributed by atoms with van der Waals surface area (Å²) in [6, 6.07) is 19.6. The molecule has 1 unspecified atom stereocenters. The molecule has 1 atom stereocenters. The second-order valence-electron chi connectivity index (χ2n) is 9.49. The van der Waals surface area contributed by atoms with Crippen molar-refractivity contribution in [2.45, 2.75) is 39.2 Å². The topological polar surface area (TPSA) is 60.9 Å². The van der Waals surface area contributed by atoms with Gasteiger partial charge in [0.15, 0.2) is 0 Å². The summed E-state index contributed by atoms with van der Waals surface area (Å²) in [5, 5.41) is 0. The number of likely N-dealkylation sites (tertiary alicyclic amines) is 1. The van der Waals surface area contributed by atoms with Crippen LogP contribution in [0.25, 0.3) is 0 Å². The summed E-state index contributed by atoms with van der Waals surface area (Å²) in [4.78, 5) is 44.3. The van der Waals surface area contributed by atoms with Gasteiger partial charge in [0.25, 0.3) is 0 Å². The van der Waals surface area contributed by atoms with Gasteiger partial charge in [0.05, 0.1) is 12.5 Å². The van der Waals surface area contributed by atoms with Gasteiger partial charge in [-0.2, -0.15) is 0 Å². The first-order chi connectivity index (χ1) is 15.9. The molecular weight excluding hydrogens is 414 g/mol. The summed E-state index contributed by atoms with van der Waals surface area (Å²) in [5.41, 5.74) is 1.59. The molecular formula is C27H33N3O3. The van der Waals surface area contributed by atoms with Crippen molar-refractivity contribution in [1.82, 2.24) is 14.7 Å². The van der Waals surface area contributed by atoms with E-state index in [1.807, 2.05) is 82.3 Å². The maximum absolute atomic E-state index is 13.6. The van der Waals surface area contributed by atoms with E-state index in [0.717, 1.165) is 11.1 Å². The van der Waals surface area contributed by atoms with Crippen molar-refractivity contribution in [3.63, 3.8) is 0 Å². The molecule has 0 radical (unpaired) electrons. The minimum absolute atomic E-state index is 0.0346. The average molecular weight is 448 g/mol. The van der Waals surface area contributed by atoms with Gasteiger partial charge >= 0.3 is 0 Å². The Balaban J connectivity index is 1.39. The molecule has 2 saturated heterocycles. The maximum atomic E-state index is 13.6. The van der Waals surface area contributed by atoms with E-state index in [2.05, 4.69) is 0 Å². The Bertz CT molecular complexity index is 984. The van der Waals surface area contributed by atoms with E-state index in [1.54, 1.807) is 6.92 Å². The lowest BCUT2D eigenvalue weighted by Gasteiger charge is -2.46. The average Bonchev–Trinajstić information content (AvgIpc) is 2.84. The van der Waals surface area contributed by atoms with Crippen LogP contribution in [0.2, 0.25) is 0 Å². The van der Waals surface area contributed by atoms with Crippen LogP contribution in [0.3, 0.4) is 0 Å². The van der Waals surface area contributed by atoms with Gasteiger partial charge < -0.3 is 14.7 Å². The molecule has 4 rings (SSSR count). The Kier molecular flexibility index (Phi) is 6.82. The van der Waals surface area contributed by atoms with Gasteiger partial charge in [0, 0.05) is 45.1 Å². The summed E-state index contributed by atoms with van der Waals surface area (Å²) in [6.07, 6.45) is 1.72. The largest absolute Gasteiger partial charge is 0.342 e. The van der Waals surface area contributed by atoms with Crippen molar-refractivity contribution in [2.75, 3.05) is 32.7 Å². The van der Waals surface area contributed by atoms with Crippen LogP contribution >= 0.6 is 0 Å². The fraction of sp³-hybridized carbons (Fsp3) is 0.444. The minimum atomic E-state index is -0.483. The normalized spacial score (nSPS) is 20.4. The summed E-state index contributed by atoms with van der Waals surface area (Å²) in [5.74, 6) is 0.295. The van der Waals surface area contributed by atoms with Crippen LogP contribution in [0.5, 0.6) is 0 Å². The molecule has 33 heavy (non-hydrogen) atoms. The molecule has 2 aromatic rings. The van der Waals surface area contributed by atoms with Crippen molar-refractivity contribution in [3.05, 3.63) is 71.8 Å². The highest BCUT2D eigenvalue weighted by Gasteiger charge is 2.43.